The first-order valence-corrected chi connectivity index (χ1v) is 4.48. The Morgan fingerprint density at radius 2 is 2.20 bits per heavy atom. The predicted octanol–water partition coefficient (Wildman–Crippen LogP) is 0.216. The van der Waals surface area contributed by atoms with E-state index in [0.29, 0.717) is 17.7 Å². The van der Waals surface area contributed by atoms with Gasteiger partial charge < -0.3 is 10.7 Å². The van der Waals surface area contributed by atoms with Crippen LogP contribution in [-0.2, 0) is 6.42 Å². The molecule has 0 radical (unpaired) electrons. The fourth-order valence-corrected chi connectivity index (χ4v) is 1.56. The first kappa shape index (κ1) is 11.0. The summed E-state index contributed by atoms with van der Waals surface area (Å²) < 4.78 is 0. The summed E-state index contributed by atoms with van der Waals surface area (Å²) >= 11 is 0. The first-order valence-electron chi connectivity index (χ1n) is 4.48. The second-order valence-corrected chi connectivity index (χ2v) is 3.14. The third-order valence-electron chi connectivity index (χ3n) is 2.24. The Hall–Kier alpha value is -2.09. The molecule has 5 heteroatoms. The van der Waals surface area contributed by atoms with Crippen LogP contribution in [0.4, 0.5) is 0 Å². The van der Waals surface area contributed by atoms with E-state index < -0.39 is 11.5 Å². The molecule has 0 aliphatic rings. The Balaban J connectivity index is 3.75. The average Bonchev–Trinajstić information content (AvgIpc) is 2.15. The molecule has 0 aliphatic carbocycles. The number of aromatic nitrogens is 1. The number of hydrogen-bond acceptors (Lipinski definition) is 3. The maximum atomic E-state index is 11.4. The van der Waals surface area contributed by atoms with E-state index >= 15 is 0 Å². The predicted molar refractivity (Wildman–Crippen MR) is 54.4 cm³/mol. The molecule has 1 rings (SSSR count). The van der Waals surface area contributed by atoms with Crippen LogP contribution in [0.2, 0.25) is 0 Å². The van der Waals surface area contributed by atoms with Crippen LogP contribution in [0.15, 0.2) is 4.79 Å². The van der Waals surface area contributed by atoms with Crippen molar-refractivity contribution < 1.29 is 4.79 Å². The second kappa shape index (κ2) is 3.96. The highest BCUT2D eigenvalue weighted by Crippen LogP contribution is 2.13. The molecular weight excluding hydrogens is 194 g/mol. The van der Waals surface area contributed by atoms with Crippen LogP contribution in [-0.4, -0.2) is 10.9 Å². The molecule has 15 heavy (non-hydrogen) atoms. The number of amides is 1. The number of primary amides is 1. The molecule has 0 fully saturated rings. The third-order valence-corrected chi connectivity index (χ3v) is 2.24. The summed E-state index contributed by atoms with van der Waals surface area (Å²) in [6.07, 6.45) is 0.561. The van der Waals surface area contributed by atoms with E-state index in [2.05, 4.69) is 4.98 Å². The highest BCUT2D eigenvalue weighted by molar-refractivity contribution is 5.95. The molecule has 0 unspecified atom stereocenters. The lowest BCUT2D eigenvalue weighted by Crippen LogP contribution is -2.27. The standard InChI is InChI=1S/C10H11N3O2/c1-3-6-5(2)13-10(15)8(9(12)14)7(6)4-11/h3H2,1-2H3,(H2,12,14)(H,13,15). The number of H-pyrrole nitrogens is 1. The molecule has 0 aromatic carbocycles. The summed E-state index contributed by atoms with van der Waals surface area (Å²) in [4.78, 5) is 25.0. The molecule has 0 spiro atoms. The Bertz CT molecular complexity index is 509. The Labute approximate surface area is 86.5 Å². The van der Waals surface area contributed by atoms with Gasteiger partial charge in [0.15, 0.2) is 0 Å². The summed E-state index contributed by atoms with van der Waals surface area (Å²) in [6, 6.07) is 1.86. The van der Waals surface area contributed by atoms with E-state index in [-0.39, 0.29) is 11.1 Å². The number of carbonyl (C=O) groups is 1. The van der Waals surface area contributed by atoms with Crippen molar-refractivity contribution in [2.45, 2.75) is 20.3 Å². The lowest BCUT2D eigenvalue weighted by molar-refractivity contribution is 0.0998. The Kier molecular flexibility index (Phi) is 2.90. The van der Waals surface area contributed by atoms with Crippen LogP contribution in [0.5, 0.6) is 0 Å². The minimum Gasteiger partial charge on any atom is -0.365 e. The minimum atomic E-state index is -0.873. The SMILES string of the molecule is CCc1c(C)[nH]c(=O)c(C(N)=O)c1C#N. The van der Waals surface area contributed by atoms with Gasteiger partial charge in [-0.05, 0) is 18.9 Å². The first-order chi connectivity index (χ1) is 7.02. The van der Waals surface area contributed by atoms with Gasteiger partial charge in [-0.25, -0.2) is 0 Å². The third kappa shape index (κ3) is 1.74. The largest absolute Gasteiger partial charge is 0.365 e. The number of nitriles is 1. The van der Waals surface area contributed by atoms with Crippen LogP contribution in [0.25, 0.3) is 0 Å². The van der Waals surface area contributed by atoms with Crippen molar-refractivity contribution in [3.8, 4) is 6.07 Å². The summed E-state index contributed by atoms with van der Waals surface area (Å²) in [7, 11) is 0. The van der Waals surface area contributed by atoms with Gasteiger partial charge in [-0.2, -0.15) is 5.26 Å². The van der Waals surface area contributed by atoms with Crippen molar-refractivity contribution in [1.29, 1.82) is 5.26 Å². The van der Waals surface area contributed by atoms with Crippen LogP contribution < -0.4 is 11.3 Å². The summed E-state index contributed by atoms with van der Waals surface area (Å²) in [5, 5.41) is 8.92. The fourth-order valence-electron chi connectivity index (χ4n) is 1.56. The summed E-state index contributed by atoms with van der Waals surface area (Å²) in [5.41, 5.74) is 5.55. The Morgan fingerprint density at radius 3 is 2.60 bits per heavy atom. The van der Waals surface area contributed by atoms with Crippen molar-refractivity contribution >= 4 is 5.91 Å². The van der Waals surface area contributed by atoms with Gasteiger partial charge in [0.25, 0.3) is 11.5 Å². The number of rotatable bonds is 2. The molecule has 1 aromatic heterocycles. The lowest BCUT2D eigenvalue weighted by Gasteiger charge is -2.07. The van der Waals surface area contributed by atoms with E-state index in [9.17, 15) is 9.59 Å². The zero-order chi connectivity index (χ0) is 11.6. The number of nitrogens with two attached hydrogens (primary N) is 1. The normalized spacial score (nSPS) is 9.67. The van der Waals surface area contributed by atoms with Gasteiger partial charge in [0.1, 0.15) is 11.6 Å². The topological polar surface area (TPSA) is 99.7 Å². The number of nitrogens with zero attached hydrogens (tertiary/aromatic N) is 1. The smallest absolute Gasteiger partial charge is 0.262 e. The highest BCUT2D eigenvalue weighted by atomic mass is 16.2. The average molecular weight is 205 g/mol. The molecule has 3 N–H and O–H groups in total. The van der Waals surface area contributed by atoms with Crippen LogP contribution >= 0.6 is 0 Å². The molecule has 1 aromatic rings. The van der Waals surface area contributed by atoms with Crippen LogP contribution in [0.1, 0.15) is 34.1 Å². The molecule has 1 amide bonds. The van der Waals surface area contributed by atoms with Gasteiger partial charge in [0, 0.05) is 5.69 Å². The molecule has 0 saturated carbocycles. The zero-order valence-corrected chi connectivity index (χ0v) is 8.55. The molecule has 0 aliphatic heterocycles. The summed E-state index contributed by atoms with van der Waals surface area (Å²) in [6.45, 7) is 3.53. The summed E-state index contributed by atoms with van der Waals surface area (Å²) in [5.74, 6) is -0.873. The van der Waals surface area contributed by atoms with Gasteiger partial charge in [-0.3, -0.25) is 9.59 Å². The van der Waals surface area contributed by atoms with Crippen molar-refractivity contribution in [2.24, 2.45) is 5.73 Å². The fraction of sp³-hybridized carbons (Fsp3) is 0.300. The molecule has 5 nitrogen and oxygen atoms in total. The molecule has 1 heterocycles. The van der Waals surface area contributed by atoms with Gasteiger partial charge in [0.05, 0.1) is 5.56 Å². The van der Waals surface area contributed by atoms with Crippen LogP contribution in [0, 0.1) is 18.3 Å². The Morgan fingerprint density at radius 1 is 1.60 bits per heavy atom. The number of pyridine rings is 1. The van der Waals surface area contributed by atoms with E-state index in [0.717, 1.165) is 0 Å². The molecule has 0 atom stereocenters. The lowest BCUT2D eigenvalue weighted by atomic mass is 10.00. The highest BCUT2D eigenvalue weighted by Gasteiger charge is 2.18. The van der Waals surface area contributed by atoms with E-state index in [1.54, 1.807) is 6.92 Å². The molecule has 78 valence electrons. The van der Waals surface area contributed by atoms with Crippen molar-refractivity contribution in [1.82, 2.24) is 4.98 Å². The van der Waals surface area contributed by atoms with Crippen molar-refractivity contribution in [2.75, 3.05) is 0 Å². The van der Waals surface area contributed by atoms with E-state index in [1.807, 2.05) is 13.0 Å². The monoisotopic (exact) mass is 205 g/mol. The number of aromatic amines is 1. The molecular formula is C10H11N3O2. The quantitative estimate of drug-likeness (QED) is 0.722. The minimum absolute atomic E-state index is 0.0891. The van der Waals surface area contributed by atoms with Crippen LogP contribution in [0.3, 0.4) is 0 Å². The van der Waals surface area contributed by atoms with E-state index in [4.69, 9.17) is 11.0 Å². The van der Waals surface area contributed by atoms with Gasteiger partial charge in [0.2, 0.25) is 0 Å². The van der Waals surface area contributed by atoms with Crippen molar-refractivity contribution in [3.05, 3.63) is 32.7 Å². The molecule has 0 bridgehead atoms. The number of hydrogen-bond donors (Lipinski definition) is 2. The second-order valence-electron chi connectivity index (χ2n) is 3.14. The maximum Gasteiger partial charge on any atom is 0.262 e. The van der Waals surface area contributed by atoms with Gasteiger partial charge in [-0.1, -0.05) is 6.92 Å². The molecule has 0 saturated heterocycles. The van der Waals surface area contributed by atoms with Gasteiger partial charge >= 0.3 is 0 Å². The number of carbonyl (C=O) groups excluding carboxylic acids is 1. The van der Waals surface area contributed by atoms with E-state index in [1.165, 1.54) is 0 Å². The number of aryl methyl sites for hydroxylation is 1. The maximum absolute atomic E-state index is 11.4. The van der Waals surface area contributed by atoms with Gasteiger partial charge in [-0.15, -0.1) is 0 Å². The number of nitrogens with one attached hydrogen (secondary N) is 1. The zero-order valence-electron chi connectivity index (χ0n) is 8.55. The van der Waals surface area contributed by atoms with Crippen molar-refractivity contribution in [3.63, 3.8) is 0 Å².